The standard InChI is InChI=1S/C16H17BrN2OS/c1-2-20-15-8-3-5-12(9-15)11-18-16(21)19-14-7-4-6-13(17)10-14/h3-10H,2,11H2,1H3,(H2,18,19,21). The Bertz CT molecular complexity index is 619. The number of rotatable bonds is 5. The van der Waals surface area contributed by atoms with E-state index >= 15 is 0 Å². The van der Waals surface area contributed by atoms with Gasteiger partial charge in [0.2, 0.25) is 0 Å². The molecule has 2 rings (SSSR count). The first kappa shape index (κ1) is 15.8. The minimum Gasteiger partial charge on any atom is -0.494 e. The number of halogens is 1. The fourth-order valence-electron chi connectivity index (χ4n) is 1.84. The van der Waals surface area contributed by atoms with Gasteiger partial charge in [-0.15, -0.1) is 0 Å². The molecule has 21 heavy (non-hydrogen) atoms. The lowest BCUT2D eigenvalue weighted by Crippen LogP contribution is -2.27. The normalized spacial score (nSPS) is 10.0. The summed E-state index contributed by atoms with van der Waals surface area (Å²) in [5, 5.41) is 6.93. The number of hydrogen-bond acceptors (Lipinski definition) is 2. The van der Waals surface area contributed by atoms with Crippen LogP contribution in [0.15, 0.2) is 53.0 Å². The molecule has 0 aliphatic carbocycles. The highest BCUT2D eigenvalue weighted by Gasteiger charge is 2.00. The van der Waals surface area contributed by atoms with Crippen molar-refractivity contribution >= 4 is 38.9 Å². The number of ether oxygens (including phenoxy) is 1. The fraction of sp³-hybridized carbons (Fsp3) is 0.188. The summed E-state index contributed by atoms with van der Waals surface area (Å²) in [7, 11) is 0. The molecule has 2 aromatic carbocycles. The lowest BCUT2D eigenvalue weighted by atomic mass is 10.2. The van der Waals surface area contributed by atoms with Crippen LogP contribution in [-0.2, 0) is 6.54 Å². The molecule has 0 heterocycles. The Kier molecular flexibility index (Phi) is 6.02. The van der Waals surface area contributed by atoms with Gasteiger partial charge >= 0.3 is 0 Å². The van der Waals surface area contributed by atoms with Crippen LogP contribution in [0.3, 0.4) is 0 Å². The molecule has 0 amide bonds. The molecule has 2 aromatic rings. The van der Waals surface area contributed by atoms with Gasteiger partial charge in [0.05, 0.1) is 6.61 Å². The van der Waals surface area contributed by atoms with Gasteiger partial charge in [-0.05, 0) is 55.0 Å². The van der Waals surface area contributed by atoms with Crippen molar-refractivity contribution in [3.8, 4) is 5.75 Å². The van der Waals surface area contributed by atoms with Crippen LogP contribution >= 0.6 is 28.1 Å². The van der Waals surface area contributed by atoms with Crippen LogP contribution in [0.25, 0.3) is 0 Å². The van der Waals surface area contributed by atoms with E-state index in [2.05, 4.69) is 26.6 Å². The predicted molar refractivity (Wildman–Crippen MR) is 94.8 cm³/mol. The highest BCUT2D eigenvalue weighted by molar-refractivity contribution is 9.10. The summed E-state index contributed by atoms with van der Waals surface area (Å²) in [6, 6.07) is 15.9. The van der Waals surface area contributed by atoms with Crippen molar-refractivity contribution in [3.63, 3.8) is 0 Å². The first-order chi connectivity index (χ1) is 10.2. The Labute approximate surface area is 138 Å². The second kappa shape index (κ2) is 8.00. The minimum atomic E-state index is 0.593. The average molecular weight is 365 g/mol. The molecule has 2 N–H and O–H groups in total. The lowest BCUT2D eigenvalue weighted by molar-refractivity contribution is 0.340. The Hall–Kier alpha value is -1.59. The molecule has 0 aromatic heterocycles. The van der Waals surface area contributed by atoms with Crippen molar-refractivity contribution in [1.82, 2.24) is 5.32 Å². The molecule has 0 saturated carbocycles. The van der Waals surface area contributed by atoms with Gasteiger partial charge in [0.1, 0.15) is 5.75 Å². The van der Waals surface area contributed by atoms with Gasteiger partial charge in [-0.25, -0.2) is 0 Å². The van der Waals surface area contributed by atoms with Gasteiger partial charge in [-0.3, -0.25) is 0 Å². The van der Waals surface area contributed by atoms with Crippen molar-refractivity contribution < 1.29 is 4.74 Å². The third-order valence-corrected chi connectivity index (χ3v) is 3.48. The average Bonchev–Trinajstić information content (AvgIpc) is 2.46. The lowest BCUT2D eigenvalue weighted by Gasteiger charge is -2.11. The maximum Gasteiger partial charge on any atom is 0.171 e. The Balaban J connectivity index is 1.87. The molecule has 0 fully saturated rings. The van der Waals surface area contributed by atoms with Crippen LogP contribution in [-0.4, -0.2) is 11.7 Å². The SMILES string of the molecule is CCOc1cccc(CNC(=S)Nc2cccc(Br)c2)c1. The van der Waals surface area contributed by atoms with E-state index in [-0.39, 0.29) is 0 Å². The summed E-state index contributed by atoms with van der Waals surface area (Å²) in [4.78, 5) is 0. The van der Waals surface area contributed by atoms with Crippen LogP contribution in [0.5, 0.6) is 5.75 Å². The minimum absolute atomic E-state index is 0.593. The van der Waals surface area contributed by atoms with E-state index in [4.69, 9.17) is 17.0 Å². The highest BCUT2D eigenvalue weighted by atomic mass is 79.9. The molecule has 0 saturated heterocycles. The smallest absolute Gasteiger partial charge is 0.171 e. The van der Waals surface area contributed by atoms with Crippen LogP contribution in [0.1, 0.15) is 12.5 Å². The van der Waals surface area contributed by atoms with Crippen LogP contribution < -0.4 is 15.4 Å². The van der Waals surface area contributed by atoms with Gasteiger partial charge in [0.15, 0.2) is 5.11 Å². The molecular formula is C16H17BrN2OS. The van der Waals surface area contributed by atoms with Crippen LogP contribution in [0.2, 0.25) is 0 Å². The van der Waals surface area contributed by atoms with Crippen molar-refractivity contribution in [2.24, 2.45) is 0 Å². The van der Waals surface area contributed by atoms with E-state index in [1.54, 1.807) is 0 Å². The second-order valence-corrected chi connectivity index (χ2v) is 5.72. The summed E-state index contributed by atoms with van der Waals surface area (Å²) in [5.74, 6) is 0.877. The van der Waals surface area contributed by atoms with Crippen molar-refractivity contribution in [3.05, 3.63) is 58.6 Å². The third-order valence-electron chi connectivity index (χ3n) is 2.75. The quantitative estimate of drug-likeness (QED) is 0.773. The summed E-state index contributed by atoms with van der Waals surface area (Å²) in [5.41, 5.74) is 2.07. The summed E-state index contributed by atoms with van der Waals surface area (Å²) < 4.78 is 6.49. The fourth-order valence-corrected chi connectivity index (χ4v) is 2.43. The van der Waals surface area contributed by atoms with Crippen LogP contribution in [0, 0.1) is 0 Å². The number of thiocarbonyl (C=S) groups is 1. The molecule has 0 unspecified atom stereocenters. The molecule has 110 valence electrons. The number of hydrogen-bond donors (Lipinski definition) is 2. The molecule has 5 heteroatoms. The Morgan fingerprint density at radius 3 is 2.76 bits per heavy atom. The topological polar surface area (TPSA) is 33.3 Å². The molecule has 0 aliphatic heterocycles. The van der Waals surface area contributed by atoms with E-state index in [1.807, 2.05) is 55.5 Å². The maximum absolute atomic E-state index is 5.48. The molecule has 0 spiro atoms. The third kappa shape index (κ3) is 5.36. The molecular weight excluding hydrogens is 348 g/mol. The largest absolute Gasteiger partial charge is 0.494 e. The zero-order valence-corrected chi connectivity index (χ0v) is 14.1. The molecule has 3 nitrogen and oxygen atoms in total. The zero-order valence-electron chi connectivity index (χ0n) is 11.7. The number of nitrogens with one attached hydrogen (secondary N) is 2. The van der Waals surface area contributed by atoms with Crippen molar-refractivity contribution in [2.75, 3.05) is 11.9 Å². The van der Waals surface area contributed by atoms with E-state index < -0.39 is 0 Å². The van der Waals surface area contributed by atoms with Crippen molar-refractivity contribution in [1.29, 1.82) is 0 Å². The van der Waals surface area contributed by atoms with E-state index in [9.17, 15) is 0 Å². The molecule has 0 radical (unpaired) electrons. The predicted octanol–water partition coefficient (Wildman–Crippen LogP) is 4.33. The Morgan fingerprint density at radius 2 is 2.00 bits per heavy atom. The highest BCUT2D eigenvalue weighted by Crippen LogP contribution is 2.16. The Morgan fingerprint density at radius 1 is 1.19 bits per heavy atom. The molecule has 0 bridgehead atoms. The van der Waals surface area contributed by atoms with Crippen LogP contribution in [0.4, 0.5) is 5.69 Å². The zero-order chi connectivity index (χ0) is 15.1. The van der Waals surface area contributed by atoms with E-state index in [1.165, 1.54) is 0 Å². The number of anilines is 1. The summed E-state index contributed by atoms with van der Waals surface area (Å²) >= 11 is 8.73. The molecule has 0 aliphatic rings. The van der Waals surface area contributed by atoms with Gasteiger partial charge in [-0.1, -0.05) is 34.1 Å². The molecule has 0 atom stereocenters. The van der Waals surface area contributed by atoms with E-state index in [0.29, 0.717) is 18.3 Å². The van der Waals surface area contributed by atoms with Gasteiger partial charge in [0.25, 0.3) is 0 Å². The van der Waals surface area contributed by atoms with E-state index in [0.717, 1.165) is 21.5 Å². The van der Waals surface area contributed by atoms with Gasteiger partial charge < -0.3 is 15.4 Å². The second-order valence-electron chi connectivity index (χ2n) is 4.40. The summed E-state index contributed by atoms with van der Waals surface area (Å²) in [6.45, 7) is 3.29. The maximum atomic E-state index is 5.48. The van der Waals surface area contributed by atoms with Gasteiger partial charge in [0, 0.05) is 16.7 Å². The monoisotopic (exact) mass is 364 g/mol. The van der Waals surface area contributed by atoms with Gasteiger partial charge in [-0.2, -0.15) is 0 Å². The number of benzene rings is 2. The summed E-state index contributed by atoms with van der Waals surface area (Å²) in [6.07, 6.45) is 0. The van der Waals surface area contributed by atoms with Crippen molar-refractivity contribution in [2.45, 2.75) is 13.5 Å². The first-order valence-corrected chi connectivity index (χ1v) is 7.89. The first-order valence-electron chi connectivity index (χ1n) is 6.69.